The molecule has 0 aromatic carbocycles. The minimum atomic E-state index is -0.345. The highest BCUT2D eigenvalue weighted by molar-refractivity contribution is 7.09. The number of hydrogen-bond acceptors (Lipinski definition) is 3. The SMILES string of the molecule is C#Cc1cscc1B1OC(C)(C)C(C)(C)O1. The fraction of sp³-hybridized carbons (Fsp3) is 0.500. The van der Waals surface area contributed by atoms with E-state index in [1.165, 1.54) is 0 Å². The first-order valence-corrected chi connectivity index (χ1v) is 6.20. The van der Waals surface area contributed by atoms with Crippen LogP contribution in [0.2, 0.25) is 0 Å². The lowest BCUT2D eigenvalue weighted by Gasteiger charge is -2.32. The van der Waals surface area contributed by atoms with Crippen molar-refractivity contribution in [3.8, 4) is 12.3 Å². The summed E-state index contributed by atoms with van der Waals surface area (Å²) in [5, 5.41) is 3.94. The zero-order valence-electron chi connectivity index (χ0n) is 10.0. The second-order valence-electron chi connectivity index (χ2n) is 4.97. The molecule has 1 aliphatic heterocycles. The Labute approximate surface area is 101 Å². The van der Waals surface area contributed by atoms with Crippen LogP contribution in [0.4, 0.5) is 0 Å². The standard InChI is InChI=1S/C12H15BO2S/c1-6-9-7-16-8-10(9)13-14-11(2,3)12(4,5)15-13/h1,7-8H,2-5H3. The van der Waals surface area contributed by atoms with Gasteiger partial charge in [0.15, 0.2) is 0 Å². The molecular weight excluding hydrogens is 219 g/mol. The van der Waals surface area contributed by atoms with E-state index in [2.05, 4.69) is 5.92 Å². The van der Waals surface area contributed by atoms with Gasteiger partial charge in [-0.2, -0.15) is 11.3 Å². The molecule has 1 aliphatic rings. The van der Waals surface area contributed by atoms with Gasteiger partial charge in [-0.3, -0.25) is 0 Å². The maximum Gasteiger partial charge on any atom is 0.496 e. The molecule has 0 unspecified atom stereocenters. The first-order valence-electron chi connectivity index (χ1n) is 5.26. The highest BCUT2D eigenvalue weighted by Gasteiger charge is 2.52. The third kappa shape index (κ3) is 1.69. The molecule has 1 saturated heterocycles. The Balaban J connectivity index is 2.31. The van der Waals surface area contributed by atoms with Crippen LogP contribution in [0.5, 0.6) is 0 Å². The summed E-state index contributed by atoms with van der Waals surface area (Å²) in [5.41, 5.74) is 1.20. The molecule has 0 aliphatic carbocycles. The Morgan fingerprint density at radius 3 is 2.25 bits per heavy atom. The average Bonchev–Trinajstić information content (AvgIpc) is 2.69. The van der Waals surface area contributed by atoms with Crippen molar-refractivity contribution in [1.29, 1.82) is 0 Å². The third-order valence-electron chi connectivity index (χ3n) is 3.35. The van der Waals surface area contributed by atoms with Gasteiger partial charge in [-0.05, 0) is 33.1 Å². The molecule has 4 heteroatoms. The zero-order chi connectivity index (χ0) is 12.0. The molecule has 0 bridgehead atoms. The Morgan fingerprint density at radius 1 is 1.19 bits per heavy atom. The largest absolute Gasteiger partial charge is 0.496 e. The number of terminal acetylenes is 1. The molecule has 0 spiro atoms. The van der Waals surface area contributed by atoms with Crippen molar-refractivity contribution < 1.29 is 9.31 Å². The van der Waals surface area contributed by atoms with E-state index < -0.39 is 0 Å². The molecule has 0 amide bonds. The van der Waals surface area contributed by atoms with Gasteiger partial charge in [0.1, 0.15) is 0 Å². The maximum atomic E-state index is 5.94. The molecule has 0 N–H and O–H groups in total. The third-order valence-corrected chi connectivity index (χ3v) is 4.12. The van der Waals surface area contributed by atoms with Gasteiger partial charge in [0.2, 0.25) is 0 Å². The Bertz CT molecular complexity index is 426. The summed E-state index contributed by atoms with van der Waals surface area (Å²) in [6.45, 7) is 8.15. The van der Waals surface area contributed by atoms with E-state index >= 15 is 0 Å². The molecule has 0 radical (unpaired) electrons. The molecule has 2 nitrogen and oxygen atoms in total. The topological polar surface area (TPSA) is 18.5 Å². The van der Waals surface area contributed by atoms with Crippen LogP contribution in [-0.4, -0.2) is 18.3 Å². The quantitative estimate of drug-likeness (QED) is 0.546. The molecule has 2 rings (SSSR count). The molecule has 1 aromatic rings. The summed E-state index contributed by atoms with van der Waals surface area (Å²) in [6.07, 6.45) is 5.44. The van der Waals surface area contributed by atoms with E-state index in [1.54, 1.807) is 11.3 Å². The monoisotopic (exact) mass is 234 g/mol. The van der Waals surface area contributed by atoms with Crippen LogP contribution in [-0.2, 0) is 9.31 Å². The van der Waals surface area contributed by atoms with Crippen LogP contribution in [0.3, 0.4) is 0 Å². The normalized spacial score (nSPS) is 22.1. The van der Waals surface area contributed by atoms with Crippen molar-refractivity contribution in [2.75, 3.05) is 0 Å². The second-order valence-corrected chi connectivity index (χ2v) is 5.72. The van der Waals surface area contributed by atoms with Gasteiger partial charge in [-0.15, -0.1) is 6.42 Å². The summed E-state index contributed by atoms with van der Waals surface area (Å²) in [7, 11) is -0.345. The smallest absolute Gasteiger partial charge is 0.399 e. The van der Waals surface area contributed by atoms with E-state index in [0.717, 1.165) is 11.0 Å². The lowest BCUT2D eigenvalue weighted by Crippen LogP contribution is -2.41. The molecule has 1 fully saturated rings. The van der Waals surface area contributed by atoms with Crippen molar-refractivity contribution in [3.63, 3.8) is 0 Å². The van der Waals surface area contributed by atoms with Crippen molar-refractivity contribution in [3.05, 3.63) is 16.3 Å². The van der Waals surface area contributed by atoms with E-state index in [9.17, 15) is 0 Å². The van der Waals surface area contributed by atoms with E-state index in [1.807, 2.05) is 38.5 Å². The number of rotatable bonds is 1. The van der Waals surface area contributed by atoms with E-state index in [-0.39, 0.29) is 18.3 Å². The summed E-state index contributed by atoms with van der Waals surface area (Å²) < 4.78 is 11.9. The van der Waals surface area contributed by atoms with Crippen LogP contribution in [0.1, 0.15) is 33.3 Å². The molecule has 0 atom stereocenters. The summed E-state index contributed by atoms with van der Waals surface area (Å²) in [4.78, 5) is 0. The minimum Gasteiger partial charge on any atom is -0.399 e. The Morgan fingerprint density at radius 2 is 1.75 bits per heavy atom. The zero-order valence-corrected chi connectivity index (χ0v) is 10.9. The highest BCUT2D eigenvalue weighted by Crippen LogP contribution is 2.36. The average molecular weight is 234 g/mol. The van der Waals surface area contributed by atoms with Crippen molar-refractivity contribution in [1.82, 2.24) is 0 Å². The predicted molar refractivity (Wildman–Crippen MR) is 68.0 cm³/mol. The van der Waals surface area contributed by atoms with Gasteiger partial charge in [0, 0.05) is 16.4 Å². The van der Waals surface area contributed by atoms with E-state index in [4.69, 9.17) is 15.7 Å². The molecule has 0 saturated carbocycles. The number of thiophene rings is 1. The van der Waals surface area contributed by atoms with Crippen LogP contribution < -0.4 is 5.46 Å². The molecule has 1 aromatic heterocycles. The van der Waals surface area contributed by atoms with E-state index in [0.29, 0.717) is 0 Å². The lowest BCUT2D eigenvalue weighted by atomic mass is 9.78. The van der Waals surface area contributed by atoms with Crippen LogP contribution in [0, 0.1) is 12.3 Å². The van der Waals surface area contributed by atoms with Crippen molar-refractivity contribution in [2.24, 2.45) is 0 Å². The minimum absolute atomic E-state index is 0.314. The first kappa shape index (κ1) is 11.7. The summed E-state index contributed by atoms with van der Waals surface area (Å²) in [5.74, 6) is 2.66. The molecular formula is C12H15BO2S. The van der Waals surface area contributed by atoms with Gasteiger partial charge >= 0.3 is 7.12 Å². The molecule has 16 heavy (non-hydrogen) atoms. The van der Waals surface area contributed by atoms with Gasteiger partial charge in [0.05, 0.1) is 11.2 Å². The van der Waals surface area contributed by atoms with Gasteiger partial charge in [0.25, 0.3) is 0 Å². The predicted octanol–water partition coefficient (Wildman–Crippen LogP) is 2.03. The van der Waals surface area contributed by atoms with Crippen LogP contribution in [0.15, 0.2) is 10.8 Å². The van der Waals surface area contributed by atoms with Crippen LogP contribution >= 0.6 is 11.3 Å². The number of hydrogen-bond donors (Lipinski definition) is 0. The van der Waals surface area contributed by atoms with Gasteiger partial charge in [-0.25, -0.2) is 0 Å². The van der Waals surface area contributed by atoms with Crippen molar-refractivity contribution in [2.45, 2.75) is 38.9 Å². The summed E-state index contributed by atoms with van der Waals surface area (Å²) >= 11 is 1.58. The lowest BCUT2D eigenvalue weighted by molar-refractivity contribution is 0.00578. The Kier molecular flexibility index (Phi) is 2.66. The molecule has 2 heterocycles. The van der Waals surface area contributed by atoms with Gasteiger partial charge < -0.3 is 9.31 Å². The first-order chi connectivity index (χ1) is 7.37. The summed E-state index contributed by atoms with van der Waals surface area (Å²) in [6, 6.07) is 0. The second kappa shape index (κ2) is 3.63. The Hall–Kier alpha value is -0.755. The fourth-order valence-electron chi connectivity index (χ4n) is 1.58. The maximum absolute atomic E-state index is 5.94. The van der Waals surface area contributed by atoms with Gasteiger partial charge in [-0.1, -0.05) is 5.92 Å². The van der Waals surface area contributed by atoms with Crippen molar-refractivity contribution >= 4 is 23.9 Å². The highest BCUT2D eigenvalue weighted by atomic mass is 32.1. The van der Waals surface area contributed by atoms with Crippen LogP contribution in [0.25, 0.3) is 0 Å². The molecule has 84 valence electrons. The fourth-order valence-corrected chi connectivity index (χ4v) is 2.37.